The van der Waals surface area contributed by atoms with Gasteiger partial charge in [-0.2, -0.15) is 5.10 Å². The van der Waals surface area contributed by atoms with E-state index in [1.807, 2.05) is 31.2 Å². The van der Waals surface area contributed by atoms with Crippen LogP contribution in [0.1, 0.15) is 19.4 Å². The van der Waals surface area contributed by atoms with E-state index in [4.69, 9.17) is 4.74 Å². The van der Waals surface area contributed by atoms with Crippen LogP contribution in [0.15, 0.2) is 29.4 Å². The van der Waals surface area contributed by atoms with Crippen LogP contribution in [0.2, 0.25) is 0 Å². The van der Waals surface area contributed by atoms with Gasteiger partial charge >= 0.3 is 5.97 Å². The Labute approximate surface area is 126 Å². The highest BCUT2D eigenvalue weighted by Crippen LogP contribution is 2.26. The van der Waals surface area contributed by atoms with Crippen LogP contribution in [0, 0.1) is 6.92 Å². The van der Waals surface area contributed by atoms with Gasteiger partial charge in [0.05, 0.1) is 6.61 Å². The van der Waals surface area contributed by atoms with Gasteiger partial charge in [0.1, 0.15) is 10.7 Å². The zero-order valence-electron chi connectivity index (χ0n) is 12.1. The molecular weight excluding hydrogens is 288 g/mol. The minimum Gasteiger partial charge on any atom is -0.461 e. The average molecular weight is 304 g/mol. The molecular formula is C14H16N4O2S. The maximum absolute atomic E-state index is 11.4. The Morgan fingerprint density at radius 2 is 2.05 bits per heavy atom. The van der Waals surface area contributed by atoms with E-state index in [9.17, 15) is 4.79 Å². The number of rotatable bonds is 5. The summed E-state index contributed by atoms with van der Waals surface area (Å²) in [4.78, 5) is 11.4. The molecule has 0 saturated heterocycles. The standard InChI is InChI=1S/C14H16N4O2S/c1-4-20-13(19)10(3)15-17-14-18-16-12(21-14)11-7-5-9(2)6-8-11/h5-8H,4H2,1-3H3,(H,17,18)/b15-10+. The molecule has 1 heterocycles. The number of nitrogens with zero attached hydrogens (tertiary/aromatic N) is 3. The number of anilines is 1. The molecule has 1 aromatic carbocycles. The first-order valence-corrected chi connectivity index (χ1v) is 7.29. The maximum atomic E-state index is 11.4. The predicted molar refractivity (Wildman–Crippen MR) is 83.4 cm³/mol. The third kappa shape index (κ3) is 4.09. The minimum atomic E-state index is -0.451. The largest absolute Gasteiger partial charge is 0.461 e. The second-order valence-corrected chi connectivity index (χ2v) is 5.29. The van der Waals surface area contributed by atoms with Crippen molar-refractivity contribution in [3.63, 3.8) is 0 Å². The fourth-order valence-electron chi connectivity index (χ4n) is 1.49. The Balaban J connectivity index is 2.05. The second-order valence-electron chi connectivity index (χ2n) is 4.31. The first kappa shape index (κ1) is 15.1. The summed E-state index contributed by atoms with van der Waals surface area (Å²) in [5.74, 6) is -0.451. The number of carbonyl (C=O) groups excluding carboxylic acids is 1. The van der Waals surface area contributed by atoms with Crippen molar-refractivity contribution in [2.75, 3.05) is 12.0 Å². The molecule has 0 bridgehead atoms. The highest BCUT2D eigenvalue weighted by molar-refractivity contribution is 7.18. The molecule has 0 saturated carbocycles. The number of benzene rings is 1. The quantitative estimate of drug-likeness (QED) is 0.522. The van der Waals surface area contributed by atoms with Gasteiger partial charge in [0.15, 0.2) is 0 Å². The van der Waals surface area contributed by atoms with Gasteiger partial charge in [0.2, 0.25) is 5.13 Å². The van der Waals surface area contributed by atoms with Gasteiger partial charge in [0.25, 0.3) is 0 Å². The lowest BCUT2D eigenvalue weighted by molar-refractivity contribution is -0.135. The van der Waals surface area contributed by atoms with Crippen LogP contribution in [0.3, 0.4) is 0 Å². The summed E-state index contributed by atoms with van der Waals surface area (Å²) in [5, 5.41) is 13.3. The molecule has 1 aromatic heterocycles. The van der Waals surface area contributed by atoms with Crippen molar-refractivity contribution >= 4 is 28.1 Å². The van der Waals surface area contributed by atoms with Crippen molar-refractivity contribution in [3.05, 3.63) is 29.8 Å². The second kappa shape index (κ2) is 6.94. The number of ether oxygens (including phenoxy) is 1. The van der Waals surface area contributed by atoms with Crippen LogP contribution in [0.4, 0.5) is 5.13 Å². The lowest BCUT2D eigenvalue weighted by Crippen LogP contribution is -2.15. The molecule has 0 radical (unpaired) electrons. The van der Waals surface area contributed by atoms with Gasteiger partial charge in [-0.3, -0.25) is 5.43 Å². The van der Waals surface area contributed by atoms with Gasteiger partial charge in [0, 0.05) is 5.56 Å². The van der Waals surface area contributed by atoms with E-state index in [0.29, 0.717) is 11.7 Å². The van der Waals surface area contributed by atoms with Gasteiger partial charge in [-0.05, 0) is 20.8 Å². The summed E-state index contributed by atoms with van der Waals surface area (Å²) >= 11 is 1.37. The van der Waals surface area contributed by atoms with Crippen LogP contribution >= 0.6 is 11.3 Å². The molecule has 110 valence electrons. The first-order valence-electron chi connectivity index (χ1n) is 6.48. The Bertz CT molecular complexity index is 649. The van der Waals surface area contributed by atoms with Crippen molar-refractivity contribution in [1.29, 1.82) is 0 Å². The molecule has 2 aromatic rings. The van der Waals surface area contributed by atoms with Crippen LogP contribution in [0.5, 0.6) is 0 Å². The summed E-state index contributed by atoms with van der Waals surface area (Å²) in [6, 6.07) is 8.03. The van der Waals surface area contributed by atoms with Crippen molar-refractivity contribution in [1.82, 2.24) is 10.2 Å². The summed E-state index contributed by atoms with van der Waals surface area (Å²) < 4.78 is 4.84. The molecule has 6 nitrogen and oxygen atoms in total. The number of hydrogen-bond donors (Lipinski definition) is 1. The molecule has 0 fully saturated rings. The summed E-state index contributed by atoms with van der Waals surface area (Å²) in [6.45, 7) is 5.68. The normalized spacial score (nSPS) is 11.3. The fourth-order valence-corrected chi connectivity index (χ4v) is 2.19. The SMILES string of the molecule is CCOC(=O)/C(C)=N/Nc1nnc(-c2ccc(C)cc2)s1. The fraction of sp³-hybridized carbons (Fsp3) is 0.286. The Kier molecular flexibility index (Phi) is 4.99. The molecule has 0 aliphatic carbocycles. The number of nitrogens with one attached hydrogen (secondary N) is 1. The summed E-state index contributed by atoms with van der Waals surface area (Å²) in [7, 11) is 0. The van der Waals surface area contributed by atoms with Gasteiger partial charge < -0.3 is 4.74 Å². The van der Waals surface area contributed by atoms with Crippen molar-refractivity contribution < 1.29 is 9.53 Å². The van der Waals surface area contributed by atoms with E-state index in [2.05, 4.69) is 20.7 Å². The van der Waals surface area contributed by atoms with Crippen LogP contribution in [0.25, 0.3) is 10.6 Å². The predicted octanol–water partition coefficient (Wildman–Crippen LogP) is 2.86. The topological polar surface area (TPSA) is 76.5 Å². The highest BCUT2D eigenvalue weighted by atomic mass is 32.1. The number of hydrazone groups is 1. The lowest BCUT2D eigenvalue weighted by Gasteiger charge is -2.00. The Morgan fingerprint density at radius 3 is 2.71 bits per heavy atom. The van der Waals surface area contributed by atoms with Crippen molar-refractivity contribution in [2.24, 2.45) is 5.10 Å². The molecule has 0 atom stereocenters. The minimum absolute atomic E-state index is 0.240. The molecule has 0 aliphatic heterocycles. The van der Waals surface area contributed by atoms with E-state index in [0.717, 1.165) is 10.6 Å². The molecule has 0 unspecified atom stereocenters. The zero-order valence-corrected chi connectivity index (χ0v) is 12.9. The van der Waals surface area contributed by atoms with E-state index < -0.39 is 5.97 Å². The van der Waals surface area contributed by atoms with E-state index in [1.54, 1.807) is 13.8 Å². The molecule has 21 heavy (non-hydrogen) atoms. The maximum Gasteiger partial charge on any atom is 0.354 e. The molecule has 0 amide bonds. The third-order valence-corrected chi connectivity index (χ3v) is 3.49. The van der Waals surface area contributed by atoms with Crippen molar-refractivity contribution in [2.45, 2.75) is 20.8 Å². The number of aryl methyl sites for hydroxylation is 1. The van der Waals surface area contributed by atoms with E-state index in [-0.39, 0.29) is 5.71 Å². The molecule has 1 N–H and O–H groups in total. The zero-order chi connectivity index (χ0) is 15.2. The van der Waals surface area contributed by atoms with Crippen LogP contribution < -0.4 is 5.43 Å². The van der Waals surface area contributed by atoms with Crippen molar-refractivity contribution in [3.8, 4) is 10.6 Å². The van der Waals surface area contributed by atoms with Crippen LogP contribution in [-0.2, 0) is 9.53 Å². The molecule has 2 rings (SSSR count). The van der Waals surface area contributed by atoms with Crippen LogP contribution in [-0.4, -0.2) is 28.5 Å². The van der Waals surface area contributed by atoms with E-state index >= 15 is 0 Å². The number of carbonyl (C=O) groups is 1. The average Bonchev–Trinajstić information content (AvgIpc) is 2.94. The van der Waals surface area contributed by atoms with Gasteiger partial charge in [-0.25, -0.2) is 4.79 Å². The number of esters is 1. The number of aromatic nitrogens is 2. The molecule has 0 aliphatic rings. The van der Waals surface area contributed by atoms with E-state index in [1.165, 1.54) is 16.9 Å². The first-order chi connectivity index (χ1) is 10.1. The summed E-state index contributed by atoms with van der Waals surface area (Å²) in [5.41, 5.74) is 5.15. The highest BCUT2D eigenvalue weighted by Gasteiger charge is 2.08. The lowest BCUT2D eigenvalue weighted by atomic mass is 10.2. The molecule has 0 spiro atoms. The Morgan fingerprint density at radius 1 is 1.33 bits per heavy atom. The monoisotopic (exact) mass is 304 g/mol. The smallest absolute Gasteiger partial charge is 0.354 e. The number of hydrogen-bond acceptors (Lipinski definition) is 7. The molecule has 7 heteroatoms. The van der Waals surface area contributed by atoms with Gasteiger partial charge in [-0.15, -0.1) is 10.2 Å². The third-order valence-electron chi connectivity index (χ3n) is 2.61. The summed E-state index contributed by atoms with van der Waals surface area (Å²) in [6.07, 6.45) is 0. The Hall–Kier alpha value is -2.28. The van der Waals surface area contributed by atoms with Gasteiger partial charge in [-0.1, -0.05) is 41.2 Å².